The van der Waals surface area contributed by atoms with Crippen molar-refractivity contribution in [3.63, 3.8) is 0 Å². The molecular formula is C17H18ClN3O2S. The molecule has 0 spiro atoms. The van der Waals surface area contributed by atoms with Gasteiger partial charge in [0.2, 0.25) is 5.91 Å². The van der Waals surface area contributed by atoms with Crippen molar-refractivity contribution in [2.45, 2.75) is 13.1 Å². The van der Waals surface area contributed by atoms with E-state index in [1.54, 1.807) is 11.7 Å². The minimum Gasteiger partial charge on any atom is -0.497 e. The number of thiazole rings is 1. The Morgan fingerprint density at radius 3 is 2.71 bits per heavy atom. The van der Waals surface area contributed by atoms with E-state index < -0.39 is 0 Å². The van der Waals surface area contributed by atoms with Gasteiger partial charge in [0.25, 0.3) is 0 Å². The van der Waals surface area contributed by atoms with Gasteiger partial charge in [-0.15, -0.1) is 12.4 Å². The van der Waals surface area contributed by atoms with Crippen LogP contribution >= 0.6 is 23.7 Å². The third-order valence-corrected chi connectivity index (χ3v) is 4.50. The van der Waals surface area contributed by atoms with Crippen LogP contribution < -0.4 is 14.9 Å². The average molecular weight is 364 g/mol. The molecule has 1 aromatic heterocycles. The number of ether oxygens (including phenoxy) is 1. The van der Waals surface area contributed by atoms with Gasteiger partial charge in [0, 0.05) is 6.54 Å². The number of methoxy groups -OCH3 is 1. The van der Waals surface area contributed by atoms with Crippen molar-refractivity contribution < 1.29 is 9.53 Å². The number of amides is 1. The number of hydrogen-bond donors (Lipinski definition) is 2. The third-order valence-electron chi connectivity index (χ3n) is 3.54. The normalized spacial score (nSPS) is 10.2. The summed E-state index contributed by atoms with van der Waals surface area (Å²) in [5.74, 6) is 0.641. The molecule has 1 amide bonds. The first-order valence-electron chi connectivity index (χ1n) is 7.20. The summed E-state index contributed by atoms with van der Waals surface area (Å²) >= 11 is 1.33. The minimum absolute atomic E-state index is 0. The van der Waals surface area contributed by atoms with Gasteiger partial charge in [-0.2, -0.15) is 0 Å². The number of halogens is 1. The van der Waals surface area contributed by atoms with Gasteiger partial charge in [0.15, 0.2) is 4.80 Å². The molecule has 0 aliphatic rings. The SMILES string of the molecule is COc1ccc2c(c1)sc(=N)n2CC(=O)NCc1ccccc1.Cl. The molecule has 3 rings (SSSR count). The van der Waals surface area contributed by atoms with Crippen LogP contribution in [0.4, 0.5) is 0 Å². The summed E-state index contributed by atoms with van der Waals surface area (Å²) in [4.78, 5) is 12.5. The summed E-state index contributed by atoms with van der Waals surface area (Å²) in [6.45, 7) is 0.626. The highest BCUT2D eigenvalue weighted by atomic mass is 35.5. The van der Waals surface area contributed by atoms with Gasteiger partial charge in [-0.3, -0.25) is 10.2 Å². The van der Waals surface area contributed by atoms with Crippen LogP contribution in [0.25, 0.3) is 10.2 Å². The number of nitrogens with zero attached hydrogens (tertiary/aromatic N) is 1. The lowest BCUT2D eigenvalue weighted by molar-refractivity contribution is -0.121. The van der Waals surface area contributed by atoms with Crippen LogP contribution in [0, 0.1) is 5.41 Å². The fourth-order valence-corrected chi connectivity index (χ4v) is 3.29. The number of fused-ring (bicyclic) bond motifs is 1. The second-order valence-electron chi connectivity index (χ2n) is 5.09. The van der Waals surface area contributed by atoms with Crippen molar-refractivity contribution in [2.24, 2.45) is 0 Å². The second kappa shape index (κ2) is 7.99. The average Bonchev–Trinajstić information content (AvgIpc) is 2.88. The lowest BCUT2D eigenvalue weighted by Gasteiger charge is -2.07. The van der Waals surface area contributed by atoms with Crippen LogP contribution in [0.2, 0.25) is 0 Å². The molecule has 2 N–H and O–H groups in total. The molecule has 0 aliphatic heterocycles. The maximum atomic E-state index is 12.2. The predicted octanol–water partition coefficient (Wildman–Crippen LogP) is 2.93. The lowest BCUT2D eigenvalue weighted by atomic mass is 10.2. The zero-order valence-electron chi connectivity index (χ0n) is 13.1. The maximum absolute atomic E-state index is 12.2. The fraction of sp³-hybridized carbons (Fsp3) is 0.176. The van der Waals surface area contributed by atoms with Crippen LogP contribution in [-0.2, 0) is 17.9 Å². The van der Waals surface area contributed by atoms with E-state index in [0.29, 0.717) is 11.3 Å². The zero-order valence-corrected chi connectivity index (χ0v) is 14.7. The minimum atomic E-state index is -0.108. The van der Waals surface area contributed by atoms with Crippen molar-refractivity contribution in [1.29, 1.82) is 5.41 Å². The Labute approximate surface area is 149 Å². The number of carbonyl (C=O) groups excluding carboxylic acids is 1. The van der Waals surface area contributed by atoms with Gasteiger partial charge >= 0.3 is 0 Å². The fourth-order valence-electron chi connectivity index (χ4n) is 2.35. The number of benzene rings is 2. The van der Waals surface area contributed by atoms with Gasteiger partial charge in [-0.1, -0.05) is 41.7 Å². The Bertz CT molecular complexity index is 890. The van der Waals surface area contributed by atoms with E-state index >= 15 is 0 Å². The molecule has 3 aromatic rings. The van der Waals surface area contributed by atoms with Gasteiger partial charge in [0.05, 0.1) is 17.3 Å². The van der Waals surface area contributed by atoms with Crippen LogP contribution in [0.3, 0.4) is 0 Å². The lowest BCUT2D eigenvalue weighted by Crippen LogP contribution is -2.30. The Kier molecular flexibility index (Phi) is 6.00. The largest absolute Gasteiger partial charge is 0.497 e. The van der Waals surface area contributed by atoms with E-state index in [1.807, 2.05) is 48.5 Å². The Hall–Kier alpha value is -2.31. The van der Waals surface area contributed by atoms with E-state index in [1.165, 1.54) is 11.3 Å². The third kappa shape index (κ3) is 3.96. The molecule has 0 bridgehead atoms. The van der Waals surface area contributed by atoms with Crippen molar-refractivity contribution in [1.82, 2.24) is 9.88 Å². The molecule has 0 atom stereocenters. The Morgan fingerprint density at radius 2 is 2.00 bits per heavy atom. The van der Waals surface area contributed by atoms with Crippen molar-refractivity contribution in [3.8, 4) is 5.75 Å². The zero-order chi connectivity index (χ0) is 16.2. The van der Waals surface area contributed by atoms with Crippen LogP contribution in [-0.4, -0.2) is 17.6 Å². The molecular weight excluding hydrogens is 346 g/mol. The van der Waals surface area contributed by atoms with E-state index in [0.717, 1.165) is 21.5 Å². The molecule has 0 saturated heterocycles. The Morgan fingerprint density at radius 1 is 1.25 bits per heavy atom. The van der Waals surface area contributed by atoms with E-state index in [-0.39, 0.29) is 24.9 Å². The van der Waals surface area contributed by atoms with Crippen molar-refractivity contribution in [2.75, 3.05) is 7.11 Å². The number of nitrogens with one attached hydrogen (secondary N) is 2. The number of aromatic nitrogens is 1. The topological polar surface area (TPSA) is 67.1 Å². The smallest absolute Gasteiger partial charge is 0.240 e. The first kappa shape index (κ1) is 18.0. The van der Waals surface area contributed by atoms with E-state index in [4.69, 9.17) is 10.1 Å². The summed E-state index contributed by atoms with van der Waals surface area (Å²) in [7, 11) is 1.61. The molecule has 5 nitrogen and oxygen atoms in total. The molecule has 0 aliphatic carbocycles. The molecule has 126 valence electrons. The molecule has 0 fully saturated rings. The second-order valence-corrected chi connectivity index (χ2v) is 6.12. The van der Waals surface area contributed by atoms with E-state index in [2.05, 4.69) is 5.32 Å². The molecule has 0 unspecified atom stereocenters. The highest BCUT2D eigenvalue weighted by molar-refractivity contribution is 7.16. The van der Waals surface area contributed by atoms with Crippen molar-refractivity contribution in [3.05, 3.63) is 58.9 Å². The first-order chi connectivity index (χ1) is 11.2. The van der Waals surface area contributed by atoms with Gasteiger partial charge in [-0.05, 0) is 23.8 Å². The number of carbonyl (C=O) groups is 1. The molecule has 2 aromatic carbocycles. The summed E-state index contributed by atoms with van der Waals surface area (Å²) < 4.78 is 7.84. The van der Waals surface area contributed by atoms with Gasteiger partial charge < -0.3 is 14.6 Å². The summed E-state index contributed by atoms with van der Waals surface area (Å²) in [5.41, 5.74) is 1.92. The van der Waals surface area contributed by atoms with Crippen molar-refractivity contribution >= 4 is 39.9 Å². The standard InChI is InChI=1S/C17H17N3O2S.ClH/c1-22-13-7-8-14-15(9-13)23-17(18)20(14)11-16(21)19-10-12-5-3-2-4-6-12;/h2-9,18H,10-11H2,1H3,(H,19,21);1H. The Balaban J connectivity index is 0.00000208. The quantitative estimate of drug-likeness (QED) is 0.731. The van der Waals surface area contributed by atoms with Crippen LogP contribution in [0.5, 0.6) is 5.75 Å². The summed E-state index contributed by atoms with van der Waals surface area (Å²) in [6, 6.07) is 15.4. The first-order valence-corrected chi connectivity index (χ1v) is 8.01. The van der Waals surface area contributed by atoms with Crippen LogP contribution in [0.15, 0.2) is 48.5 Å². The maximum Gasteiger partial charge on any atom is 0.240 e. The molecule has 0 radical (unpaired) electrons. The summed E-state index contributed by atoms with van der Waals surface area (Å²) in [6.07, 6.45) is 0. The number of hydrogen-bond acceptors (Lipinski definition) is 4. The highest BCUT2D eigenvalue weighted by Gasteiger charge is 2.10. The monoisotopic (exact) mass is 363 g/mol. The predicted molar refractivity (Wildman–Crippen MR) is 97.8 cm³/mol. The molecule has 0 saturated carbocycles. The highest BCUT2D eigenvalue weighted by Crippen LogP contribution is 2.22. The number of rotatable bonds is 5. The summed E-state index contributed by atoms with van der Waals surface area (Å²) in [5, 5.41) is 11.0. The molecule has 7 heteroatoms. The van der Waals surface area contributed by atoms with Crippen LogP contribution in [0.1, 0.15) is 5.56 Å². The van der Waals surface area contributed by atoms with E-state index in [9.17, 15) is 4.79 Å². The molecule has 24 heavy (non-hydrogen) atoms. The van der Waals surface area contributed by atoms with Gasteiger partial charge in [0.1, 0.15) is 12.3 Å². The van der Waals surface area contributed by atoms with Gasteiger partial charge in [-0.25, -0.2) is 0 Å². The molecule has 1 heterocycles.